The number of nitrogens with zero attached hydrogens (tertiary/aromatic N) is 1. The van der Waals surface area contributed by atoms with Crippen LogP contribution in [0, 0.1) is 13.3 Å². The number of benzene rings is 1. The maximum atomic E-state index is 6.16. The number of nitrogen functional groups attached to an aromatic ring is 1. The zero-order valence-corrected chi connectivity index (χ0v) is 11.5. The lowest BCUT2D eigenvalue weighted by molar-refractivity contribution is -0.958. The lowest BCUT2D eigenvalue weighted by Gasteiger charge is -2.45. The van der Waals surface area contributed by atoms with Crippen LogP contribution in [0.5, 0.6) is 0 Å². The molecule has 3 rings (SSSR count). The summed E-state index contributed by atoms with van der Waals surface area (Å²) in [5.41, 5.74) is 9.79. The monoisotopic (exact) mass is 244 g/mol. The molecule has 0 amide bonds. The van der Waals surface area contributed by atoms with Gasteiger partial charge in [0.15, 0.2) is 0 Å². The van der Waals surface area contributed by atoms with E-state index in [-0.39, 0.29) is 0 Å². The summed E-state index contributed by atoms with van der Waals surface area (Å²) in [6.45, 7) is 3.26. The summed E-state index contributed by atoms with van der Waals surface area (Å²) in [5.74, 6) is 0. The molecule has 2 nitrogen and oxygen atoms in total. The highest BCUT2D eigenvalue weighted by Gasteiger charge is 2.48. The number of piperidine rings is 1. The number of aryl methyl sites for hydroxylation is 1. The smallest absolute Gasteiger partial charge is 0.107 e. The Morgan fingerprint density at radius 3 is 2.56 bits per heavy atom. The number of nitrogens with two attached hydrogens (primary N) is 1. The highest BCUT2D eigenvalue weighted by Crippen LogP contribution is 2.42. The molecule has 2 heterocycles. The molecule has 1 radical (unpaired) electrons. The Morgan fingerprint density at radius 1 is 1.22 bits per heavy atom. The first-order valence-electron chi connectivity index (χ1n) is 7.11. The van der Waals surface area contributed by atoms with Gasteiger partial charge in [-0.05, 0) is 25.5 Å². The molecular formula is C16H24N2+. The van der Waals surface area contributed by atoms with Gasteiger partial charge in [-0.1, -0.05) is 11.6 Å². The number of rotatable bonds is 2. The molecule has 2 bridgehead atoms. The van der Waals surface area contributed by atoms with E-state index in [1.54, 1.807) is 0 Å². The fraction of sp³-hybridized carbons (Fsp3) is 0.562. The Balaban J connectivity index is 1.89. The Morgan fingerprint density at radius 2 is 1.89 bits per heavy atom. The molecule has 2 heteroatoms. The first-order valence-corrected chi connectivity index (χ1v) is 7.11. The van der Waals surface area contributed by atoms with Gasteiger partial charge < -0.3 is 10.2 Å². The van der Waals surface area contributed by atoms with E-state index in [4.69, 9.17) is 5.73 Å². The fourth-order valence-electron chi connectivity index (χ4n) is 3.97. The minimum Gasteiger partial charge on any atom is -0.398 e. The van der Waals surface area contributed by atoms with Crippen molar-refractivity contribution in [1.29, 1.82) is 0 Å². The van der Waals surface area contributed by atoms with Crippen LogP contribution in [0.3, 0.4) is 0 Å². The molecule has 2 aliphatic rings. The van der Waals surface area contributed by atoms with Crippen LogP contribution < -0.4 is 5.73 Å². The third-order valence-electron chi connectivity index (χ3n) is 5.19. The predicted octanol–water partition coefficient (Wildman–Crippen LogP) is 3.05. The van der Waals surface area contributed by atoms with Gasteiger partial charge in [0, 0.05) is 36.9 Å². The number of anilines is 1. The van der Waals surface area contributed by atoms with Crippen LogP contribution in [0.2, 0.25) is 0 Å². The van der Waals surface area contributed by atoms with Gasteiger partial charge in [-0.25, -0.2) is 0 Å². The first-order chi connectivity index (χ1) is 8.59. The number of hydrogen-bond acceptors (Lipinski definition) is 1. The van der Waals surface area contributed by atoms with Gasteiger partial charge in [0.1, 0.15) is 6.54 Å². The van der Waals surface area contributed by atoms with E-state index in [9.17, 15) is 0 Å². The van der Waals surface area contributed by atoms with Crippen LogP contribution in [-0.4, -0.2) is 23.6 Å². The zero-order chi connectivity index (χ0) is 12.8. The van der Waals surface area contributed by atoms with Gasteiger partial charge in [-0.3, -0.25) is 0 Å². The predicted molar refractivity (Wildman–Crippen MR) is 75.8 cm³/mol. The van der Waals surface area contributed by atoms with Crippen molar-refractivity contribution in [3.8, 4) is 0 Å². The quantitative estimate of drug-likeness (QED) is 0.628. The van der Waals surface area contributed by atoms with Crippen LogP contribution in [0.15, 0.2) is 18.2 Å². The Labute approximate surface area is 110 Å². The fourth-order valence-corrected chi connectivity index (χ4v) is 3.97. The van der Waals surface area contributed by atoms with Crippen molar-refractivity contribution in [3.63, 3.8) is 0 Å². The molecule has 97 valence electrons. The average Bonchev–Trinajstić information content (AvgIpc) is 2.56. The summed E-state index contributed by atoms with van der Waals surface area (Å²) in [7, 11) is 2.44. The lowest BCUT2D eigenvalue weighted by atomic mass is 9.97. The van der Waals surface area contributed by atoms with E-state index in [1.165, 1.54) is 41.3 Å². The summed E-state index contributed by atoms with van der Waals surface area (Å²) in [5, 5.41) is 0. The van der Waals surface area contributed by atoms with Gasteiger partial charge in [0.25, 0.3) is 0 Å². The van der Waals surface area contributed by atoms with E-state index in [1.807, 2.05) is 0 Å². The Kier molecular flexibility index (Phi) is 2.86. The van der Waals surface area contributed by atoms with Gasteiger partial charge in [0.2, 0.25) is 0 Å². The van der Waals surface area contributed by atoms with E-state index in [2.05, 4.69) is 38.6 Å². The second-order valence-electron chi connectivity index (χ2n) is 6.35. The summed E-state index contributed by atoms with van der Waals surface area (Å²) in [6.07, 6.45) is 7.87. The van der Waals surface area contributed by atoms with Crippen LogP contribution >= 0.6 is 0 Å². The van der Waals surface area contributed by atoms with Gasteiger partial charge in [-0.2, -0.15) is 0 Å². The van der Waals surface area contributed by atoms with E-state index >= 15 is 0 Å². The zero-order valence-electron chi connectivity index (χ0n) is 11.5. The lowest BCUT2D eigenvalue weighted by Crippen LogP contribution is -2.55. The van der Waals surface area contributed by atoms with Crippen molar-refractivity contribution < 1.29 is 4.48 Å². The maximum Gasteiger partial charge on any atom is 0.107 e. The molecule has 2 aliphatic heterocycles. The van der Waals surface area contributed by atoms with Crippen molar-refractivity contribution in [1.82, 2.24) is 0 Å². The van der Waals surface area contributed by atoms with Crippen LogP contribution in [0.4, 0.5) is 5.69 Å². The van der Waals surface area contributed by atoms with Gasteiger partial charge in [-0.15, -0.1) is 0 Å². The molecule has 0 spiro atoms. The first kappa shape index (κ1) is 12.0. The molecular weight excluding hydrogens is 220 g/mol. The largest absolute Gasteiger partial charge is 0.398 e. The van der Waals surface area contributed by atoms with Crippen molar-refractivity contribution in [2.75, 3.05) is 12.8 Å². The van der Waals surface area contributed by atoms with E-state index in [0.29, 0.717) is 0 Å². The molecule has 2 N–H and O–H groups in total. The standard InChI is InChI=1S/C16H24N2/c1-12-6-9-16(17)13(10-12)11-18(2)14-4-3-5-15(18)8-7-14/h3,6,9-10,14-15H,4-5,7-8,11,17H2,1-2H3/q+1. The van der Waals surface area contributed by atoms with Gasteiger partial charge >= 0.3 is 0 Å². The molecule has 2 saturated heterocycles. The molecule has 0 aliphatic carbocycles. The molecule has 18 heavy (non-hydrogen) atoms. The maximum absolute atomic E-state index is 6.16. The summed E-state index contributed by atoms with van der Waals surface area (Å²) < 4.78 is 1.21. The van der Waals surface area contributed by atoms with Crippen molar-refractivity contribution in [3.05, 3.63) is 35.7 Å². The average molecular weight is 244 g/mol. The highest BCUT2D eigenvalue weighted by atomic mass is 15.4. The number of hydrogen-bond donors (Lipinski definition) is 1. The molecule has 1 aromatic carbocycles. The molecule has 0 saturated carbocycles. The van der Waals surface area contributed by atoms with Crippen molar-refractivity contribution >= 4 is 5.69 Å². The van der Waals surface area contributed by atoms with E-state index < -0.39 is 0 Å². The third kappa shape index (κ3) is 1.83. The Hall–Kier alpha value is -1.02. The second kappa shape index (κ2) is 4.27. The van der Waals surface area contributed by atoms with Crippen molar-refractivity contribution in [2.45, 2.75) is 51.2 Å². The van der Waals surface area contributed by atoms with Gasteiger partial charge in [0.05, 0.1) is 19.1 Å². The molecule has 1 aromatic rings. The Bertz CT molecular complexity index is 436. The highest BCUT2D eigenvalue weighted by molar-refractivity contribution is 5.48. The SMILES string of the molecule is Cc1ccc(N)c(C[N+]2(C)C3C[CH]CC2CC3)c1. The summed E-state index contributed by atoms with van der Waals surface area (Å²) in [4.78, 5) is 0. The van der Waals surface area contributed by atoms with Crippen LogP contribution in [0.1, 0.15) is 36.8 Å². The molecule has 2 unspecified atom stereocenters. The topological polar surface area (TPSA) is 26.0 Å². The third-order valence-corrected chi connectivity index (χ3v) is 5.19. The second-order valence-corrected chi connectivity index (χ2v) is 6.35. The number of quaternary nitrogens is 1. The molecule has 0 aromatic heterocycles. The van der Waals surface area contributed by atoms with Crippen LogP contribution in [0.25, 0.3) is 0 Å². The minimum absolute atomic E-state index is 0.823. The van der Waals surface area contributed by atoms with E-state index in [0.717, 1.165) is 24.3 Å². The number of fused-ring (bicyclic) bond motifs is 2. The minimum atomic E-state index is 0.823. The molecule has 2 atom stereocenters. The summed E-state index contributed by atoms with van der Waals surface area (Å²) in [6, 6.07) is 8.09. The summed E-state index contributed by atoms with van der Waals surface area (Å²) >= 11 is 0. The molecule has 2 fully saturated rings. The van der Waals surface area contributed by atoms with Crippen LogP contribution in [-0.2, 0) is 6.54 Å². The van der Waals surface area contributed by atoms with Crippen molar-refractivity contribution in [2.24, 2.45) is 0 Å². The normalized spacial score (nSPS) is 34.8.